The van der Waals surface area contributed by atoms with Crippen molar-refractivity contribution >= 4 is 36.3 Å². The lowest BCUT2D eigenvalue weighted by Crippen LogP contribution is -2.31. The fourth-order valence-corrected chi connectivity index (χ4v) is 3.85. The third-order valence-corrected chi connectivity index (χ3v) is 5.48. The molecule has 5 nitrogen and oxygen atoms in total. The van der Waals surface area contributed by atoms with Gasteiger partial charge in [-0.2, -0.15) is 0 Å². The van der Waals surface area contributed by atoms with Crippen molar-refractivity contribution in [2.24, 2.45) is 11.7 Å². The highest BCUT2D eigenvalue weighted by Gasteiger charge is 2.29. The summed E-state index contributed by atoms with van der Waals surface area (Å²) in [6.45, 7) is 6.36. The minimum atomic E-state index is -0.0579. The van der Waals surface area contributed by atoms with Gasteiger partial charge in [-0.25, -0.2) is 4.39 Å². The van der Waals surface area contributed by atoms with Gasteiger partial charge in [0.15, 0.2) is 0 Å². The van der Waals surface area contributed by atoms with Gasteiger partial charge in [0.2, 0.25) is 0 Å². The van der Waals surface area contributed by atoms with Crippen LogP contribution < -0.4 is 16.4 Å². The van der Waals surface area contributed by atoms with Crippen LogP contribution in [0.2, 0.25) is 0 Å². The van der Waals surface area contributed by atoms with E-state index < -0.39 is 0 Å². The molecule has 3 rings (SSSR count). The highest BCUT2D eigenvalue weighted by atomic mass is 32.1. The van der Waals surface area contributed by atoms with Gasteiger partial charge in [-0.05, 0) is 56.4 Å². The maximum absolute atomic E-state index is 12.2. The molecule has 0 amide bonds. The number of rotatable bonds is 6. The van der Waals surface area contributed by atoms with Crippen LogP contribution in [0.1, 0.15) is 44.2 Å². The van der Waals surface area contributed by atoms with E-state index in [1.165, 1.54) is 24.7 Å². The first-order valence-electron chi connectivity index (χ1n) is 10.1. The summed E-state index contributed by atoms with van der Waals surface area (Å²) in [6, 6.07) is 5.77. The Balaban J connectivity index is 0.000000335. The van der Waals surface area contributed by atoms with Gasteiger partial charge in [0.1, 0.15) is 5.83 Å². The van der Waals surface area contributed by atoms with E-state index in [0.29, 0.717) is 17.9 Å². The summed E-state index contributed by atoms with van der Waals surface area (Å²) < 4.78 is 12.2. The maximum atomic E-state index is 12.2. The molecule has 1 fully saturated rings. The van der Waals surface area contributed by atoms with Crippen molar-refractivity contribution in [2.45, 2.75) is 38.6 Å². The predicted molar refractivity (Wildman–Crippen MR) is 129 cm³/mol. The summed E-state index contributed by atoms with van der Waals surface area (Å²) >= 11 is 3.97. The largest absolute Gasteiger partial charge is 0.404 e. The van der Waals surface area contributed by atoms with Crippen molar-refractivity contribution in [1.82, 2.24) is 5.32 Å². The van der Waals surface area contributed by atoms with Gasteiger partial charge in [0.25, 0.3) is 0 Å². The van der Waals surface area contributed by atoms with Crippen LogP contribution in [-0.2, 0) is 0 Å². The predicted octanol–water partition coefficient (Wildman–Crippen LogP) is 4.88. The fourth-order valence-electron chi connectivity index (χ4n) is 3.59. The molecule has 1 saturated heterocycles. The Morgan fingerprint density at radius 1 is 1.40 bits per heavy atom. The van der Waals surface area contributed by atoms with Gasteiger partial charge >= 0.3 is 0 Å². The molecule has 1 aromatic carbocycles. The summed E-state index contributed by atoms with van der Waals surface area (Å²) in [5, 5.41) is 21.9. The Morgan fingerprint density at radius 3 is 2.67 bits per heavy atom. The number of nitrogens with two attached hydrogens (primary N) is 1. The molecule has 1 atom stereocenters. The molecule has 0 radical (unpaired) electrons. The number of benzene rings is 1. The van der Waals surface area contributed by atoms with Gasteiger partial charge in [0, 0.05) is 65.4 Å². The zero-order valence-corrected chi connectivity index (χ0v) is 18.5. The second-order valence-corrected chi connectivity index (χ2v) is 8.70. The van der Waals surface area contributed by atoms with Crippen LogP contribution in [0.25, 0.3) is 5.57 Å². The SMILES string of the molecule is CC1(C)CC(CNc2ccc(/C(C=N)=C/N)cc2C=N)CN1.FC1=CC(S)=CCC1. The average Bonchev–Trinajstić information content (AvgIpc) is 3.06. The number of halogens is 1. The van der Waals surface area contributed by atoms with Crippen LogP contribution in [0.3, 0.4) is 0 Å². The molecular weight excluding hydrogens is 397 g/mol. The van der Waals surface area contributed by atoms with Gasteiger partial charge < -0.3 is 27.2 Å². The minimum Gasteiger partial charge on any atom is -0.404 e. The van der Waals surface area contributed by atoms with Crippen molar-refractivity contribution in [3.05, 3.63) is 58.4 Å². The monoisotopic (exact) mass is 429 g/mol. The summed E-state index contributed by atoms with van der Waals surface area (Å²) in [4.78, 5) is 0.744. The van der Waals surface area contributed by atoms with E-state index in [9.17, 15) is 4.39 Å². The number of thiol groups is 1. The molecule has 1 aromatic rings. The third kappa shape index (κ3) is 7.15. The minimum absolute atomic E-state index is 0.0579. The molecule has 1 aliphatic heterocycles. The first-order valence-corrected chi connectivity index (χ1v) is 10.5. The molecule has 1 heterocycles. The molecule has 162 valence electrons. The van der Waals surface area contributed by atoms with Crippen LogP contribution in [-0.4, -0.2) is 31.1 Å². The normalized spacial score (nSPS) is 20.4. The Labute approximate surface area is 184 Å². The van der Waals surface area contributed by atoms with E-state index in [2.05, 4.69) is 37.1 Å². The fraction of sp³-hybridized carbons (Fsp3) is 0.391. The molecule has 1 unspecified atom stereocenters. The van der Waals surface area contributed by atoms with Crippen LogP contribution in [0.5, 0.6) is 0 Å². The van der Waals surface area contributed by atoms with Crippen LogP contribution >= 0.6 is 12.6 Å². The standard InChI is InChI=1S/C17H25N5.C6H7FS/c1-17(2)6-12(11-22-17)10-21-16-4-3-13(5-14(16)7-18)15(8-19)9-20;7-5-2-1-3-6(8)4-5/h3-5,7-9,12,18-19,21-22H,6,10-11,20H2,1-2H3;3-4,8H,1-2H2/b15-9+,18-7?,19-8?;. The Hall–Kier alpha value is -2.38. The van der Waals surface area contributed by atoms with Crippen molar-refractivity contribution in [2.75, 3.05) is 18.4 Å². The Bertz CT molecular complexity index is 857. The zero-order valence-electron chi connectivity index (χ0n) is 17.6. The number of nitrogens with one attached hydrogen (secondary N) is 4. The van der Waals surface area contributed by atoms with Crippen LogP contribution in [0, 0.1) is 16.7 Å². The molecule has 0 spiro atoms. The van der Waals surface area contributed by atoms with E-state index in [1.807, 2.05) is 24.3 Å². The highest BCUT2D eigenvalue weighted by molar-refractivity contribution is 7.84. The summed E-state index contributed by atoms with van der Waals surface area (Å²) in [7, 11) is 0. The van der Waals surface area contributed by atoms with Gasteiger partial charge in [0.05, 0.1) is 0 Å². The first-order chi connectivity index (χ1) is 14.3. The molecule has 0 aromatic heterocycles. The molecule has 6 N–H and O–H groups in total. The lowest BCUT2D eigenvalue weighted by atomic mass is 9.97. The van der Waals surface area contributed by atoms with Crippen LogP contribution in [0.4, 0.5) is 10.1 Å². The third-order valence-electron chi connectivity index (χ3n) is 5.17. The number of allylic oxidation sites excluding steroid dienone is 4. The molecule has 0 bridgehead atoms. The summed E-state index contributed by atoms with van der Waals surface area (Å²) in [5.74, 6) is 0.534. The van der Waals surface area contributed by atoms with Gasteiger partial charge in [-0.15, -0.1) is 12.6 Å². The zero-order chi connectivity index (χ0) is 22.1. The quantitative estimate of drug-likeness (QED) is 0.287. The van der Waals surface area contributed by atoms with Gasteiger partial charge in [-0.3, -0.25) is 0 Å². The van der Waals surface area contributed by atoms with Crippen molar-refractivity contribution < 1.29 is 4.39 Å². The van der Waals surface area contributed by atoms with Gasteiger partial charge in [-0.1, -0.05) is 12.1 Å². The molecule has 2 aliphatic rings. The topological polar surface area (TPSA) is 97.8 Å². The first kappa shape index (κ1) is 23.9. The number of hydrogen-bond donors (Lipinski definition) is 6. The summed E-state index contributed by atoms with van der Waals surface area (Å²) in [6.07, 6.45) is 9.81. The molecule has 7 heteroatoms. The van der Waals surface area contributed by atoms with E-state index in [0.717, 1.165) is 47.7 Å². The lowest BCUT2D eigenvalue weighted by Gasteiger charge is -2.18. The second-order valence-electron chi connectivity index (χ2n) is 8.19. The van der Waals surface area contributed by atoms with E-state index >= 15 is 0 Å². The molecule has 1 aliphatic carbocycles. The smallest absolute Gasteiger partial charge is 0.101 e. The van der Waals surface area contributed by atoms with Crippen LogP contribution in [0.15, 0.2) is 47.3 Å². The number of hydrogen-bond acceptors (Lipinski definition) is 6. The molecular formula is C23H32FN5S. The van der Waals surface area contributed by atoms with Crippen molar-refractivity contribution in [3.63, 3.8) is 0 Å². The lowest BCUT2D eigenvalue weighted by molar-refractivity contribution is 0.445. The highest BCUT2D eigenvalue weighted by Crippen LogP contribution is 2.25. The molecule has 30 heavy (non-hydrogen) atoms. The molecule has 0 saturated carbocycles. The Kier molecular flexibility index (Phi) is 8.87. The maximum Gasteiger partial charge on any atom is 0.101 e. The summed E-state index contributed by atoms with van der Waals surface area (Å²) in [5.41, 5.74) is 8.99. The van der Waals surface area contributed by atoms with Crippen molar-refractivity contribution in [1.29, 1.82) is 10.8 Å². The second kappa shape index (κ2) is 11.1. The average molecular weight is 430 g/mol. The Morgan fingerprint density at radius 2 is 2.17 bits per heavy atom. The van der Waals surface area contributed by atoms with E-state index in [-0.39, 0.29) is 11.4 Å². The number of anilines is 1. The van der Waals surface area contributed by atoms with Crippen molar-refractivity contribution in [3.8, 4) is 0 Å². The van der Waals surface area contributed by atoms with E-state index in [4.69, 9.17) is 16.6 Å². The van der Waals surface area contributed by atoms with E-state index in [1.54, 1.807) is 0 Å².